The maximum atomic E-state index is 12.4. The zero-order chi connectivity index (χ0) is 18.0. The summed E-state index contributed by atoms with van der Waals surface area (Å²) >= 11 is 1.16. The lowest BCUT2D eigenvalue weighted by Gasteiger charge is -2.17. The Morgan fingerprint density at radius 1 is 1.28 bits per heavy atom. The SMILES string of the molecule is CCc1ccccc1O[C@H](C)C(=O)Nc1ccc2c(c1)sc(=O)n2C. The smallest absolute Gasteiger partial charge is 0.307 e. The Kier molecular flexibility index (Phi) is 4.90. The Morgan fingerprint density at radius 2 is 2.04 bits per heavy atom. The number of aromatic nitrogens is 1. The van der Waals surface area contributed by atoms with Crippen molar-refractivity contribution in [3.63, 3.8) is 0 Å². The molecule has 1 amide bonds. The number of fused-ring (bicyclic) bond motifs is 1. The van der Waals surface area contributed by atoms with Gasteiger partial charge in [0, 0.05) is 12.7 Å². The number of ether oxygens (including phenoxy) is 1. The first-order chi connectivity index (χ1) is 12.0. The third-order valence-electron chi connectivity index (χ3n) is 4.09. The van der Waals surface area contributed by atoms with Crippen LogP contribution in [0.2, 0.25) is 0 Å². The third kappa shape index (κ3) is 3.58. The summed E-state index contributed by atoms with van der Waals surface area (Å²) in [5.41, 5.74) is 2.57. The number of thiazole rings is 1. The molecule has 1 N–H and O–H groups in total. The summed E-state index contributed by atoms with van der Waals surface area (Å²) in [5.74, 6) is 0.498. The van der Waals surface area contributed by atoms with Crippen molar-refractivity contribution in [1.82, 2.24) is 4.57 Å². The summed E-state index contributed by atoms with van der Waals surface area (Å²) < 4.78 is 8.26. The number of nitrogens with one attached hydrogen (secondary N) is 1. The minimum Gasteiger partial charge on any atom is -0.481 e. The first-order valence-corrected chi connectivity index (χ1v) is 8.96. The van der Waals surface area contributed by atoms with E-state index in [0.717, 1.165) is 39.3 Å². The van der Waals surface area contributed by atoms with Gasteiger partial charge in [-0.05, 0) is 43.2 Å². The Hall–Kier alpha value is -2.60. The third-order valence-corrected chi connectivity index (χ3v) is 5.08. The van der Waals surface area contributed by atoms with Gasteiger partial charge in [0.2, 0.25) is 0 Å². The van der Waals surface area contributed by atoms with Crippen LogP contribution in [0.4, 0.5) is 5.69 Å². The molecule has 0 saturated heterocycles. The van der Waals surface area contributed by atoms with E-state index in [1.54, 1.807) is 24.6 Å². The lowest BCUT2D eigenvalue weighted by atomic mass is 10.1. The highest BCUT2D eigenvalue weighted by Gasteiger charge is 2.16. The fourth-order valence-corrected chi connectivity index (χ4v) is 3.53. The molecule has 25 heavy (non-hydrogen) atoms. The maximum absolute atomic E-state index is 12.4. The number of nitrogens with zero attached hydrogens (tertiary/aromatic N) is 1. The second kappa shape index (κ2) is 7.11. The van der Waals surface area contributed by atoms with Crippen molar-refractivity contribution in [3.8, 4) is 5.75 Å². The number of rotatable bonds is 5. The van der Waals surface area contributed by atoms with E-state index in [9.17, 15) is 9.59 Å². The van der Waals surface area contributed by atoms with Gasteiger partial charge in [-0.15, -0.1) is 0 Å². The molecule has 1 aromatic heterocycles. The predicted octanol–water partition coefficient (Wildman–Crippen LogP) is 3.57. The summed E-state index contributed by atoms with van der Waals surface area (Å²) in [6.07, 6.45) is 0.214. The highest BCUT2D eigenvalue weighted by atomic mass is 32.1. The topological polar surface area (TPSA) is 60.3 Å². The van der Waals surface area contributed by atoms with Gasteiger partial charge in [-0.2, -0.15) is 0 Å². The number of para-hydroxylation sites is 1. The van der Waals surface area contributed by atoms with E-state index in [0.29, 0.717) is 5.69 Å². The standard InChI is InChI=1S/C19H20N2O3S/c1-4-13-7-5-6-8-16(13)24-12(2)18(22)20-14-9-10-15-17(11-14)25-19(23)21(15)3/h5-12H,4H2,1-3H3,(H,20,22)/t12-/m1/s1. The highest BCUT2D eigenvalue weighted by Crippen LogP contribution is 2.22. The average molecular weight is 356 g/mol. The molecule has 0 radical (unpaired) electrons. The summed E-state index contributed by atoms with van der Waals surface area (Å²) in [7, 11) is 1.74. The Labute approximate surface area is 149 Å². The monoisotopic (exact) mass is 356 g/mol. The number of amides is 1. The molecule has 0 aliphatic heterocycles. The summed E-state index contributed by atoms with van der Waals surface area (Å²) in [4.78, 5) is 24.1. The highest BCUT2D eigenvalue weighted by molar-refractivity contribution is 7.16. The molecule has 0 aliphatic carbocycles. The molecule has 0 spiro atoms. The van der Waals surface area contributed by atoms with E-state index in [2.05, 4.69) is 5.32 Å². The van der Waals surface area contributed by atoms with Crippen molar-refractivity contribution in [2.45, 2.75) is 26.4 Å². The first-order valence-electron chi connectivity index (χ1n) is 8.14. The molecule has 5 nitrogen and oxygen atoms in total. The van der Waals surface area contributed by atoms with Crippen LogP contribution in [-0.2, 0) is 18.3 Å². The molecule has 1 atom stereocenters. The van der Waals surface area contributed by atoms with Gasteiger partial charge in [0.05, 0.1) is 10.2 Å². The van der Waals surface area contributed by atoms with Crippen LogP contribution in [0.1, 0.15) is 19.4 Å². The molecular formula is C19H20N2O3S. The van der Waals surface area contributed by atoms with Gasteiger partial charge >= 0.3 is 4.87 Å². The van der Waals surface area contributed by atoms with E-state index in [1.807, 2.05) is 43.3 Å². The van der Waals surface area contributed by atoms with Crippen LogP contribution in [0.25, 0.3) is 10.2 Å². The number of benzene rings is 2. The number of hydrogen-bond donors (Lipinski definition) is 1. The normalized spacial score (nSPS) is 12.1. The molecule has 0 fully saturated rings. The van der Waals surface area contributed by atoms with E-state index in [-0.39, 0.29) is 10.8 Å². The van der Waals surface area contributed by atoms with E-state index < -0.39 is 6.10 Å². The fourth-order valence-electron chi connectivity index (χ4n) is 2.61. The lowest BCUT2D eigenvalue weighted by molar-refractivity contribution is -0.122. The second-order valence-electron chi connectivity index (χ2n) is 5.82. The van der Waals surface area contributed by atoms with E-state index in [4.69, 9.17) is 4.74 Å². The fraction of sp³-hybridized carbons (Fsp3) is 0.263. The van der Waals surface area contributed by atoms with Crippen molar-refractivity contribution in [2.24, 2.45) is 7.05 Å². The van der Waals surface area contributed by atoms with Crippen molar-refractivity contribution in [1.29, 1.82) is 0 Å². The van der Waals surface area contributed by atoms with Crippen LogP contribution in [0.15, 0.2) is 47.3 Å². The minimum atomic E-state index is -0.627. The van der Waals surface area contributed by atoms with Crippen molar-refractivity contribution < 1.29 is 9.53 Å². The summed E-state index contributed by atoms with van der Waals surface area (Å²) in [5, 5.41) is 2.85. The Bertz CT molecular complexity index is 974. The van der Waals surface area contributed by atoms with Gasteiger partial charge in [-0.1, -0.05) is 36.5 Å². The van der Waals surface area contributed by atoms with Gasteiger partial charge in [0.25, 0.3) is 5.91 Å². The summed E-state index contributed by atoms with van der Waals surface area (Å²) in [6.45, 7) is 3.77. The zero-order valence-corrected chi connectivity index (χ0v) is 15.2. The minimum absolute atomic E-state index is 0.0219. The number of carbonyl (C=O) groups is 1. The molecule has 0 unspecified atom stereocenters. The molecule has 130 valence electrons. The number of anilines is 1. The van der Waals surface area contributed by atoms with Crippen LogP contribution < -0.4 is 14.9 Å². The molecule has 6 heteroatoms. The largest absolute Gasteiger partial charge is 0.481 e. The van der Waals surface area contributed by atoms with E-state index in [1.165, 1.54) is 0 Å². The number of aryl methyl sites for hydroxylation is 2. The van der Waals surface area contributed by atoms with Crippen LogP contribution in [-0.4, -0.2) is 16.6 Å². The van der Waals surface area contributed by atoms with Crippen molar-refractivity contribution in [3.05, 3.63) is 57.7 Å². The maximum Gasteiger partial charge on any atom is 0.307 e. The second-order valence-corrected chi connectivity index (χ2v) is 6.81. The molecule has 1 heterocycles. The molecule has 0 bridgehead atoms. The lowest BCUT2D eigenvalue weighted by Crippen LogP contribution is -2.30. The van der Waals surface area contributed by atoms with Gasteiger partial charge < -0.3 is 14.6 Å². The van der Waals surface area contributed by atoms with Gasteiger partial charge in [0.15, 0.2) is 6.10 Å². The molecule has 3 rings (SSSR count). The Morgan fingerprint density at radius 3 is 2.80 bits per heavy atom. The molecule has 0 saturated carbocycles. The zero-order valence-electron chi connectivity index (χ0n) is 14.4. The van der Waals surface area contributed by atoms with Crippen LogP contribution >= 0.6 is 11.3 Å². The van der Waals surface area contributed by atoms with Crippen molar-refractivity contribution >= 4 is 33.1 Å². The van der Waals surface area contributed by atoms with Gasteiger partial charge in [0.1, 0.15) is 5.75 Å². The first kappa shape index (κ1) is 17.2. The van der Waals surface area contributed by atoms with Gasteiger partial charge in [-0.25, -0.2) is 0 Å². The van der Waals surface area contributed by atoms with Crippen molar-refractivity contribution in [2.75, 3.05) is 5.32 Å². The van der Waals surface area contributed by atoms with Crippen LogP contribution in [0, 0.1) is 0 Å². The number of carbonyl (C=O) groups excluding carboxylic acids is 1. The molecular weight excluding hydrogens is 336 g/mol. The van der Waals surface area contributed by atoms with Crippen LogP contribution in [0.3, 0.4) is 0 Å². The number of hydrogen-bond acceptors (Lipinski definition) is 4. The van der Waals surface area contributed by atoms with E-state index >= 15 is 0 Å². The molecule has 3 aromatic rings. The Balaban J connectivity index is 1.74. The predicted molar refractivity (Wildman–Crippen MR) is 102 cm³/mol. The van der Waals surface area contributed by atoms with Gasteiger partial charge in [-0.3, -0.25) is 9.59 Å². The average Bonchev–Trinajstić information content (AvgIpc) is 2.89. The summed E-state index contributed by atoms with van der Waals surface area (Å²) in [6, 6.07) is 13.1. The van der Waals surface area contributed by atoms with Crippen LogP contribution in [0.5, 0.6) is 5.75 Å². The molecule has 0 aliphatic rings. The quantitative estimate of drug-likeness (QED) is 0.760. The molecule has 2 aromatic carbocycles.